The Kier molecular flexibility index (Phi) is 4.76. The summed E-state index contributed by atoms with van der Waals surface area (Å²) in [6.07, 6.45) is 3.72. The van der Waals surface area contributed by atoms with Gasteiger partial charge in [-0.05, 0) is 43.9 Å². The molecule has 3 aliphatic heterocycles. The smallest absolute Gasteiger partial charge is 0.306 e. The van der Waals surface area contributed by atoms with Gasteiger partial charge in [0.15, 0.2) is 5.79 Å². The van der Waals surface area contributed by atoms with E-state index in [2.05, 4.69) is 13.8 Å². The van der Waals surface area contributed by atoms with Crippen molar-refractivity contribution in [3.63, 3.8) is 0 Å². The van der Waals surface area contributed by atoms with E-state index in [1.165, 1.54) is 0 Å². The third kappa shape index (κ3) is 3.08. The van der Waals surface area contributed by atoms with Crippen molar-refractivity contribution in [3.8, 4) is 0 Å². The number of fused-ring (bicyclic) bond motifs is 2. The van der Waals surface area contributed by atoms with Crippen LogP contribution in [-0.2, 0) is 28.8 Å². The minimum atomic E-state index is -0.991. The molecular weight excluding hydrogens is 352 g/mol. The van der Waals surface area contributed by atoms with Crippen molar-refractivity contribution in [1.82, 2.24) is 0 Å². The zero-order valence-electron chi connectivity index (χ0n) is 16.3. The van der Waals surface area contributed by atoms with E-state index in [0.717, 1.165) is 25.7 Å². The molecule has 7 nitrogen and oxygen atoms in total. The third-order valence-electron chi connectivity index (χ3n) is 7.44. The number of hydrogen-bond acceptors (Lipinski definition) is 6. The van der Waals surface area contributed by atoms with Crippen LogP contribution in [0.5, 0.6) is 0 Å². The molecule has 5 fully saturated rings. The van der Waals surface area contributed by atoms with E-state index in [-0.39, 0.29) is 36.9 Å². The highest BCUT2D eigenvalue weighted by Crippen LogP contribution is 2.61. The zero-order valence-corrected chi connectivity index (χ0v) is 16.3. The van der Waals surface area contributed by atoms with Gasteiger partial charge >= 0.3 is 11.9 Å². The van der Waals surface area contributed by atoms with E-state index in [4.69, 9.17) is 24.4 Å². The first-order valence-electron chi connectivity index (χ1n) is 10.2. The lowest BCUT2D eigenvalue weighted by Gasteiger charge is -2.60. The molecule has 5 rings (SSSR count). The molecule has 7 heteroatoms. The van der Waals surface area contributed by atoms with Crippen molar-refractivity contribution in [2.75, 3.05) is 0 Å². The lowest BCUT2D eigenvalue weighted by molar-refractivity contribution is -0.540. The Morgan fingerprint density at radius 2 is 1.89 bits per heavy atom. The first kappa shape index (κ1) is 19.2. The third-order valence-corrected chi connectivity index (χ3v) is 7.44. The van der Waals surface area contributed by atoms with Crippen LogP contribution in [0.3, 0.4) is 0 Å². The van der Waals surface area contributed by atoms with E-state index >= 15 is 0 Å². The first-order chi connectivity index (χ1) is 12.7. The summed E-state index contributed by atoms with van der Waals surface area (Å²) < 4.78 is 12.1. The van der Waals surface area contributed by atoms with Gasteiger partial charge in [-0.15, -0.1) is 0 Å². The van der Waals surface area contributed by atoms with Gasteiger partial charge in [0.05, 0.1) is 18.9 Å². The van der Waals surface area contributed by atoms with Crippen LogP contribution < -0.4 is 0 Å². The fourth-order valence-electron chi connectivity index (χ4n) is 6.03. The second-order valence-electron chi connectivity index (χ2n) is 9.08. The Labute approximate surface area is 159 Å². The second kappa shape index (κ2) is 6.71. The van der Waals surface area contributed by atoms with Crippen molar-refractivity contribution in [2.45, 2.75) is 89.3 Å². The van der Waals surface area contributed by atoms with Crippen molar-refractivity contribution >= 4 is 11.9 Å². The Bertz CT molecular complexity index is 621. The molecule has 5 aliphatic rings. The van der Waals surface area contributed by atoms with Crippen molar-refractivity contribution in [2.24, 2.45) is 23.7 Å². The van der Waals surface area contributed by atoms with Crippen LogP contribution >= 0.6 is 0 Å². The van der Waals surface area contributed by atoms with Gasteiger partial charge in [-0.3, -0.25) is 9.59 Å². The lowest BCUT2D eigenvalue weighted by Crippen LogP contribution is -2.69. The van der Waals surface area contributed by atoms with Gasteiger partial charge < -0.3 is 14.6 Å². The predicted molar refractivity (Wildman–Crippen MR) is 93.3 cm³/mol. The standard InChI is InChI=1S/C20H30O7/c1-11-4-5-14-12(2)15(24-18(23)7-6-17(21)22)10-16-20(14)13(11)8-9-19(3,25-16)26-27-20/h11-16H,4-10H2,1-3H3,(H,21,22)/t11?,12-,13+,14?,15?,16?,19+,20?/m1/s1. The number of carboxylic acids is 1. The zero-order chi connectivity index (χ0) is 19.4. The summed E-state index contributed by atoms with van der Waals surface area (Å²) >= 11 is 0. The SMILES string of the molecule is CC1CCC2[C@@H](C)C(OC(=O)CCC(=O)O)CC3O[C@]4(C)CC[C@@H]1C32OO4. The van der Waals surface area contributed by atoms with Gasteiger partial charge in [0, 0.05) is 18.8 Å². The summed E-state index contributed by atoms with van der Waals surface area (Å²) in [6.45, 7) is 6.32. The first-order valence-corrected chi connectivity index (χ1v) is 10.2. The van der Waals surface area contributed by atoms with Crippen LogP contribution in [-0.4, -0.2) is 40.6 Å². The summed E-state index contributed by atoms with van der Waals surface area (Å²) in [6, 6.07) is 0. The minimum Gasteiger partial charge on any atom is -0.481 e. The molecule has 2 aliphatic carbocycles. The number of carboxylic acid groups (broad SMARTS) is 1. The molecule has 2 bridgehead atoms. The number of carbonyl (C=O) groups excluding carboxylic acids is 1. The number of carbonyl (C=O) groups is 2. The Morgan fingerprint density at radius 1 is 1.11 bits per heavy atom. The maximum Gasteiger partial charge on any atom is 0.306 e. The molecule has 0 radical (unpaired) electrons. The average Bonchev–Trinajstić information content (AvgIpc) is 2.84. The number of aliphatic carboxylic acids is 1. The second-order valence-corrected chi connectivity index (χ2v) is 9.08. The number of hydrogen-bond donors (Lipinski definition) is 1. The fourth-order valence-corrected chi connectivity index (χ4v) is 6.03. The molecule has 8 atom stereocenters. The van der Waals surface area contributed by atoms with Crippen LogP contribution in [0.2, 0.25) is 0 Å². The van der Waals surface area contributed by atoms with Gasteiger partial charge in [0.1, 0.15) is 11.7 Å². The normalized spacial score (nSPS) is 48.4. The van der Waals surface area contributed by atoms with E-state index in [1.807, 2.05) is 6.92 Å². The molecule has 5 unspecified atom stereocenters. The van der Waals surface area contributed by atoms with Crippen LogP contribution in [0.4, 0.5) is 0 Å². The molecule has 2 saturated carbocycles. The van der Waals surface area contributed by atoms with E-state index < -0.39 is 23.3 Å². The average molecular weight is 382 g/mol. The molecule has 27 heavy (non-hydrogen) atoms. The minimum absolute atomic E-state index is 0.100. The summed E-state index contributed by atoms with van der Waals surface area (Å²) in [5.41, 5.74) is -0.475. The van der Waals surface area contributed by atoms with Crippen LogP contribution in [0.15, 0.2) is 0 Å². The fraction of sp³-hybridized carbons (Fsp3) is 0.900. The van der Waals surface area contributed by atoms with Gasteiger partial charge in [-0.1, -0.05) is 13.8 Å². The van der Waals surface area contributed by atoms with Gasteiger partial charge in [0.2, 0.25) is 0 Å². The van der Waals surface area contributed by atoms with Crippen LogP contribution in [0.25, 0.3) is 0 Å². The molecule has 0 aromatic rings. The maximum atomic E-state index is 12.2. The van der Waals surface area contributed by atoms with Crippen molar-refractivity contribution in [3.05, 3.63) is 0 Å². The number of esters is 1. The Hall–Kier alpha value is -1.18. The molecule has 0 amide bonds. The molecule has 1 N–H and O–H groups in total. The molecule has 3 heterocycles. The van der Waals surface area contributed by atoms with Crippen molar-refractivity contribution < 1.29 is 33.9 Å². The summed E-state index contributed by atoms with van der Waals surface area (Å²) in [5.74, 6) is -0.981. The summed E-state index contributed by atoms with van der Waals surface area (Å²) in [5, 5.41) is 8.79. The highest BCUT2D eigenvalue weighted by molar-refractivity contribution is 5.76. The Morgan fingerprint density at radius 3 is 2.63 bits per heavy atom. The molecule has 1 spiro atoms. The molecule has 3 saturated heterocycles. The highest BCUT2D eigenvalue weighted by atomic mass is 17.3. The number of rotatable bonds is 4. The molecular formula is C20H30O7. The van der Waals surface area contributed by atoms with Gasteiger partial charge in [-0.25, -0.2) is 9.78 Å². The van der Waals surface area contributed by atoms with Crippen molar-refractivity contribution in [1.29, 1.82) is 0 Å². The highest BCUT2D eigenvalue weighted by Gasteiger charge is 2.68. The van der Waals surface area contributed by atoms with Crippen LogP contribution in [0, 0.1) is 23.7 Å². The van der Waals surface area contributed by atoms with Gasteiger partial charge in [-0.2, -0.15) is 0 Å². The number of ether oxygens (including phenoxy) is 2. The topological polar surface area (TPSA) is 91.3 Å². The Balaban J connectivity index is 1.58. The molecule has 152 valence electrons. The van der Waals surface area contributed by atoms with E-state index in [1.54, 1.807) is 0 Å². The van der Waals surface area contributed by atoms with Gasteiger partial charge in [0.25, 0.3) is 0 Å². The largest absolute Gasteiger partial charge is 0.481 e. The van der Waals surface area contributed by atoms with E-state index in [9.17, 15) is 9.59 Å². The quantitative estimate of drug-likeness (QED) is 0.590. The van der Waals surface area contributed by atoms with Crippen LogP contribution in [0.1, 0.15) is 65.7 Å². The predicted octanol–water partition coefficient (Wildman–Crippen LogP) is 3.06. The molecule has 0 aromatic heterocycles. The molecule has 0 aromatic carbocycles. The lowest BCUT2D eigenvalue weighted by atomic mass is 9.53. The summed E-state index contributed by atoms with van der Waals surface area (Å²) in [7, 11) is 0. The maximum absolute atomic E-state index is 12.2. The summed E-state index contributed by atoms with van der Waals surface area (Å²) in [4.78, 5) is 34.8. The van der Waals surface area contributed by atoms with E-state index in [0.29, 0.717) is 18.3 Å². The monoisotopic (exact) mass is 382 g/mol.